The van der Waals surface area contributed by atoms with Gasteiger partial charge in [0.2, 0.25) is 0 Å². The van der Waals surface area contributed by atoms with Gasteiger partial charge in [-0.1, -0.05) is 97.1 Å². The summed E-state index contributed by atoms with van der Waals surface area (Å²) in [7, 11) is 2.11. The highest BCUT2D eigenvalue weighted by Crippen LogP contribution is 2.40. The van der Waals surface area contributed by atoms with Crippen molar-refractivity contribution < 1.29 is 0 Å². The van der Waals surface area contributed by atoms with Crippen molar-refractivity contribution in [3.8, 4) is 44.9 Å². The topological polar surface area (TPSA) is 46.5 Å². The van der Waals surface area contributed by atoms with E-state index >= 15 is 0 Å². The Bertz CT molecular complexity index is 2550. The minimum atomic E-state index is 0.937. The molecule has 0 unspecified atom stereocenters. The van der Waals surface area contributed by atoms with Gasteiger partial charge in [0.25, 0.3) is 0 Å². The Morgan fingerprint density at radius 1 is 0.556 bits per heavy atom. The summed E-state index contributed by atoms with van der Waals surface area (Å²) in [6, 6.07) is 49.3. The molecule has 0 saturated carbocycles. The number of pyridine rings is 1. The van der Waals surface area contributed by atoms with Crippen LogP contribution in [0.25, 0.3) is 88.5 Å². The van der Waals surface area contributed by atoms with Crippen LogP contribution in [0.1, 0.15) is 0 Å². The molecule has 3 heterocycles. The molecule has 0 bridgehead atoms. The van der Waals surface area contributed by atoms with Crippen LogP contribution < -0.4 is 0 Å². The summed E-state index contributed by atoms with van der Waals surface area (Å²) in [6.07, 6.45) is 1.91. The second kappa shape index (κ2) is 10.0. The third kappa shape index (κ3) is 4.07. The number of imidazole rings is 1. The van der Waals surface area contributed by atoms with Crippen molar-refractivity contribution >= 4 is 43.6 Å². The lowest BCUT2D eigenvalue weighted by atomic mass is 9.93. The molecule has 0 atom stereocenters. The maximum Gasteiger partial charge on any atom is 0.143 e. The second-order valence-electron chi connectivity index (χ2n) is 11.6. The predicted octanol–water partition coefficient (Wildman–Crippen LogP) is 10.4. The van der Waals surface area contributed by atoms with Crippen molar-refractivity contribution in [3.05, 3.63) is 146 Å². The van der Waals surface area contributed by atoms with Gasteiger partial charge in [0.05, 0.1) is 22.2 Å². The van der Waals surface area contributed by atoms with Gasteiger partial charge in [0, 0.05) is 46.2 Å². The van der Waals surface area contributed by atoms with Crippen molar-refractivity contribution in [2.24, 2.45) is 7.05 Å². The van der Waals surface area contributed by atoms with Gasteiger partial charge in [-0.15, -0.1) is 0 Å². The van der Waals surface area contributed by atoms with Crippen molar-refractivity contribution in [3.63, 3.8) is 0 Å². The van der Waals surface area contributed by atoms with Crippen LogP contribution in [-0.2, 0) is 7.05 Å². The molecular weight excluding hydrogens is 548 g/mol. The standard InChI is InChI=1S/C41H28N4/c1-45-38-20-10-17-33(40(38)44-41(45)34-18-9-16-32-31-15-7-8-19-36(31)43-39(32)34)35-24-29(23-28-13-5-6-14-30(28)35)37-25-27(21-22-42-37)26-11-3-2-4-12-26/h2-25,43H,1H3. The van der Waals surface area contributed by atoms with E-state index in [1.165, 1.54) is 27.1 Å². The fraction of sp³-hybridized carbons (Fsp3) is 0.0244. The molecule has 4 nitrogen and oxygen atoms in total. The van der Waals surface area contributed by atoms with Gasteiger partial charge in [-0.3, -0.25) is 4.98 Å². The molecule has 4 heteroatoms. The molecule has 0 fully saturated rings. The highest BCUT2D eigenvalue weighted by Gasteiger charge is 2.19. The van der Waals surface area contributed by atoms with E-state index in [0.717, 1.165) is 61.4 Å². The van der Waals surface area contributed by atoms with E-state index in [-0.39, 0.29) is 0 Å². The Hall–Kier alpha value is -6.00. The molecule has 6 aromatic carbocycles. The van der Waals surface area contributed by atoms with Gasteiger partial charge in [-0.2, -0.15) is 0 Å². The van der Waals surface area contributed by atoms with Gasteiger partial charge in [-0.25, -0.2) is 4.98 Å². The Labute approximate surface area is 260 Å². The first-order valence-corrected chi connectivity index (χ1v) is 15.2. The molecule has 3 aromatic heterocycles. The smallest absolute Gasteiger partial charge is 0.143 e. The minimum Gasteiger partial charge on any atom is -0.354 e. The highest BCUT2D eigenvalue weighted by atomic mass is 15.1. The van der Waals surface area contributed by atoms with Crippen molar-refractivity contribution in [1.29, 1.82) is 0 Å². The number of para-hydroxylation sites is 3. The van der Waals surface area contributed by atoms with Crippen molar-refractivity contribution in [1.82, 2.24) is 19.5 Å². The normalized spacial score (nSPS) is 11.7. The molecule has 0 saturated heterocycles. The number of nitrogens with zero attached hydrogens (tertiary/aromatic N) is 3. The maximum atomic E-state index is 5.37. The van der Waals surface area contributed by atoms with E-state index in [9.17, 15) is 0 Å². The average molecular weight is 577 g/mol. The molecular formula is C41H28N4. The summed E-state index contributed by atoms with van der Waals surface area (Å²) >= 11 is 0. The molecule has 0 spiro atoms. The van der Waals surface area contributed by atoms with E-state index < -0.39 is 0 Å². The molecule has 0 amide bonds. The predicted molar refractivity (Wildman–Crippen MR) is 187 cm³/mol. The van der Waals surface area contributed by atoms with E-state index in [4.69, 9.17) is 9.97 Å². The summed E-state index contributed by atoms with van der Waals surface area (Å²) < 4.78 is 2.22. The zero-order valence-electron chi connectivity index (χ0n) is 24.7. The summed E-state index contributed by atoms with van der Waals surface area (Å²) in [5.74, 6) is 0.937. The number of hydrogen-bond donors (Lipinski definition) is 1. The Morgan fingerprint density at radius 3 is 2.22 bits per heavy atom. The first-order chi connectivity index (χ1) is 22.2. The fourth-order valence-corrected chi connectivity index (χ4v) is 6.81. The van der Waals surface area contributed by atoms with Crippen molar-refractivity contribution in [2.45, 2.75) is 0 Å². The first-order valence-electron chi connectivity index (χ1n) is 15.2. The van der Waals surface area contributed by atoms with Crippen LogP contribution in [0.4, 0.5) is 0 Å². The van der Waals surface area contributed by atoms with Crippen LogP contribution in [0.3, 0.4) is 0 Å². The molecule has 9 rings (SSSR count). The number of nitrogens with one attached hydrogen (secondary N) is 1. The number of hydrogen-bond acceptors (Lipinski definition) is 2. The zero-order chi connectivity index (χ0) is 29.9. The number of aryl methyl sites for hydroxylation is 1. The number of aromatic amines is 1. The van der Waals surface area contributed by atoms with Crippen LogP contribution in [0.5, 0.6) is 0 Å². The van der Waals surface area contributed by atoms with Crippen LogP contribution in [0, 0.1) is 0 Å². The lowest BCUT2D eigenvalue weighted by Crippen LogP contribution is -1.93. The van der Waals surface area contributed by atoms with Crippen LogP contribution in [-0.4, -0.2) is 19.5 Å². The molecule has 45 heavy (non-hydrogen) atoms. The van der Waals surface area contributed by atoms with E-state index in [0.29, 0.717) is 0 Å². The zero-order valence-corrected chi connectivity index (χ0v) is 24.7. The second-order valence-corrected chi connectivity index (χ2v) is 11.6. The number of aromatic nitrogens is 4. The minimum absolute atomic E-state index is 0.937. The van der Waals surface area contributed by atoms with Crippen LogP contribution >= 0.6 is 0 Å². The van der Waals surface area contributed by atoms with E-state index in [1.54, 1.807) is 0 Å². The van der Waals surface area contributed by atoms with E-state index in [2.05, 4.69) is 150 Å². The number of benzene rings is 6. The number of rotatable bonds is 4. The molecule has 0 radical (unpaired) electrons. The third-order valence-corrected chi connectivity index (χ3v) is 9.01. The van der Waals surface area contributed by atoms with Gasteiger partial charge in [0.15, 0.2) is 0 Å². The Kier molecular flexibility index (Phi) is 5.69. The lowest BCUT2D eigenvalue weighted by molar-refractivity contribution is 0.960. The van der Waals surface area contributed by atoms with Crippen LogP contribution in [0.15, 0.2) is 146 Å². The van der Waals surface area contributed by atoms with Gasteiger partial charge in [-0.05, 0) is 69.9 Å². The summed E-state index contributed by atoms with van der Waals surface area (Å²) in [5.41, 5.74) is 12.0. The van der Waals surface area contributed by atoms with E-state index in [1.807, 2.05) is 12.3 Å². The molecule has 212 valence electrons. The summed E-state index contributed by atoms with van der Waals surface area (Å²) in [4.78, 5) is 13.9. The highest BCUT2D eigenvalue weighted by molar-refractivity contribution is 6.12. The average Bonchev–Trinajstić information content (AvgIpc) is 3.66. The molecule has 0 aliphatic rings. The van der Waals surface area contributed by atoms with Crippen molar-refractivity contribution in [2.75, 3.05) is 0 Å². The number of fused-ring (bicyclic) bond motifs is 5. The molecule has 9 aromatic rings. The largest absolute Gasteiger partial charge is 0.354 e. The lowest BCUT2D eigenvalue weighted by Gasteiger charge is -2.12. The maximum absolute atomic E-state index is 5.37. The molecule has 0 aliphatic carbocycles. The third-order valence-electron chi connectivity index (χ3n) is 9.01. The SMILES string of the molecule is Cn1c(-c2cccc3c2[nH]c2ccccc23)nc2c(-c3cc(-c4cc(-c5ccccc5)ccn4)cc4ccccc34)cccc21. The van der Waals surface area contributed by atoms with Gasteiger partial charge in [0.1, 0.15) is 5.82 Å². The summed E-state index contributed by atoms with van der Waals surface area (Å²) in [6.45, 7) is 0. The molecule has 0 aliphatic heterocycles. The fourth-order valence-electron chi connectivity index (χ4n) is 6.81. The number of H-pyrrole nitrogens is 1. The quantitative estimate of drug-likeness (QED) is 0.227. The molecule has 1 N–H and O–H groups in total. The first kappa shape index (κ1) is 25.5. The monoisotopic (exact) mass is 576 g/mol. The Balaban J connectivity index is 1.26. The Morgan fingerprint density at radius 2 is 1.31 bits per heavy atom. The van der Waals surface area contributed by atoms with Crippen LogP contribution in [0.2, 0.25) is 0 Å². The summed E-state index contributed by atoms with van der Waals surface area (Å²) in [5, 5.41) is 4.80. The van der Waals surface area contributed by atoms with Gasteiger partial charge >= 0.3 is 0 Å². The van der Waals surface area contributed by atoms with Gasteiger partial charge < -0.3 is 9.55 Å².